The molecule has 3 amide bonds. The molecule has 0 aromatic heterocycles. The quantitative estimate of drug-likeness (QED) is 0.387. The SMILES string of the molecule is CCCCCN1CC=C[C@]23S[C@@]4(C)C=CCN(CCC)C(=O)[C@H]4[C@H]2C(=O)N([C@@H](CC)CO)C3C1=O. The summed E-state index contributed by atoms with van der Waals surface area (Å²) in [4.78, 5) is 47.7. The Labute approximate surface area is 214 Å². The van der Waals surface area contributed by atoms with E-state index in [-0.39, 0.29) is 24.3 Å². The molecule has 0 aliphatic carbocycles. The van der Waals surface area contributed by atoms with E-state index in [2.05, 4.69) is 39.0 Å². The third-order valence-electron chi connectivity index (χ3n) is 8.26. The summed E-state index contributed by atoms with van der Waals surface area (Å²) < 4.78 is -1.40. The van der Waals surface area contributed by atoms with Gasteiger partial charge in [0.1, 0.15) is 6.04 Å². The van der Waals surface area contributed by atoms with Crippen LogP contribution in [0.4, 0.5) is 0 Å². The van der Waals surface area contributed by atoms with Gasteiger partial charge in [0.25, 0.3) is 0 Å². The molecule has 1 spiro atoms. The van der Waals surface area contributed by atoms with Crippen molar-refractivity contribution in [3.8, 4) is 0 Å². The van der Waals surface area contributed by atoms with Gasteiger partial charge in [-0.1, -0.05) is 57.9 Å². The van der Waals surface area contributed by atoms with Crippen LogP contribution in [0.2, 0.25) is 0 Å². The highest BCUT2D eigenvalue weighted by Crippen LogP contribution is 2.65. The van der Waals surface area contributed by atoms with Crippen molar-refractivity contribution >= 4 is 29.5 Å². The zero-order valence-corrected chi connectivity index (χ0v) is 22.4. The molecule has 194 valence electrons. The monoisotopic (exact) mass is 503 g/mol. The van der Waals surface area contributed by atoms with Crippen molar-refractivity contribution in [2.45, 2.75) is 81.4 Å². The summed E-state index contributed by atoms with van der Waals surface area (Å²) in [6.07, 6.45) is 12.7. The van der Waals surface area contributed by atoms with Gasteiger partial charge in [0.2, 0.25) is 17.7 Å². The highest BCUT2D eigenvalue weighted by atomic mass is 32.2. The van der Waals surface area contributed by atoms with E-state index in [9.17, 15) is 19.5 Å². The second-order valence-corrected chi connectivity index (χ2v) is 12.4. The second-order valence-electron chi connectivity index (χ2n) is 10.6. The summed E-state index contributed by atoms with van der Waals surface area (Å²) in [7, 11) is 0. The Bertz CT molecular complexity index is 903. The number of thioether (sulfide) groups is 1. The third kappa shape index (κ3) is 4.14. The van der Waals surface area contributed by atoms with E-state index in [0.29, 0.717) is 32.6 Å². The second kappa shape index (κ2) is 10.3. The number of carbonyl (C=O) groups is 3. The maximum atomic E-state index is 14.3. The van der Waals surface area contributed by atoms with E-state index in [4.69, 9.17) is 0 Å². The number of likely N-dealkylation sites (tertiary alicyclic amines) is 1. The molecule has 2 saturated heterocycles. The molecule has 2 fully saturated rings. The highest BCUT2D eigenvalue weighted by Gasteiger charge is 2.74. The van der Waals surface area contributed by atoms with Crippen molar-refractivity contribution in [3.63, 3.8) is 0 Å². The summed E-state index contributed by atoms with van der Waals surface area (Å²) >= 11 is 1.62. The number of unbranched alkanes of at least 4 members (excludes halogenated alkanes) is 2. The van der Waals surface area contributed by atoms with Crippen molar-refractivity contribution < 1.29 is 19.5 Å². The molecule has 7 nitrogen and oxygen atoms in total. The van der Waals surface area contributed by atoms with Crippen LogP contribution in [-0.4, -0.2) is 91.9 Å². The van der Waals surface area contributed by atoms with E-state index in [1.165, 1.54) is 0 Å². The average molecular weight is 504 g/mol. The molecular formula is C27H41N3O4S. The number of hydrogen-bond acceptors (Lipinski definition) is 5. The van der Waals surface area contributed by atoms with Gasteiger partial charge in [-0.25, -0.2) is 0 Å². The predicted octanol–water partition coefficient (Wildman–Crippen LogP) is 2.84. The van der Waals surface area contributed by atoms with Gasteiger partial charge in [0, 0.05) is 30.9 Å². The molecule has 0 aromatic carbocycles. The van der Waals surface area contributed by atoms with Crippen LogP contribution in [0.1, 0.15) is 59.8 Å². The number of carbonyl (C=O) groups excluding carboxylic acids is 3. The molecule has 0 saturated carbocycles. The largest absolute Gasteiger partial charge is 0.394 e. The number of nitrogens with zero attached hydrogens (tertiary/aromatic N) is 3. The van der Waals surface area contributed by atoms with Crippen LogP contribution >= 0.6 is 11.8 Å². The number of aliphatic hydroxyl groups is 1. The Morgan fingerprint density at radius 3 is 2.26 bits per heavy atom. The number of hydrogen-bond donors (Lipinski definition) is 1. The minimum atomic E-state index is -0.828. The summed E-state index contributed by atoms with van der Waals surface area (Å²) in [5.74, 6) is -1.38. The molecule has 35 heavy (non-hydrogen) atoms. The molecule has 0 aromatic rings. The van der Waals surface area contributed by atoms with Crippen molar-refractivity contribution in [1.82, 2.24) is 14.7 Å². The maximum absolute atomic E-state index is 14.3. The van der Waals surface area contributed by atoms with E-state index >= 15 is 0 Å². The number of amides is 3. The first-order valence-electron chi connectivity index (χ1n) is 13.4. The topological polar surface area (TPSA) is 81.2 Å². The first-order chi connectivity index (χ1) is 16.8. The van der Waals surface area contributed by atoms with Crippen LogP contribution in [0.15, 0.2) is 24.3 Å². The summed E-state index contributed by atoms with van der Waals surface area (Å²) in [5, 5.41) is 10.2. The van der Waals surface area contributed by atoms with Crippen LogP contribution in [0.5, 0.6) is 0 Å². The molecule has 4 heterocycles. The number of aliphatic hydroxyl groups excluding tert-OH is 1. The standard InChI is InChI=1S/C27H41N3O4S/c1-5-8-9-15-29-17-11-13-27-21(24(33)30(19(7-3)18-31)22(27)25(29)34)20-23(32)28(14-6-2)16-10-12-26(20,4)35-27/h10-13,19-22,31H,5-9,14-18H2,1-4H3/t19-,20+,21-,22?,26-,27-/m0/s1. The molecule has 1 unspecified atom stereocenters. The zero-order valence-electron chi connectivity index (χ0n) is 21.6. The first-order valence-corrected chi connectivity index (χ1v) is 14.2. The van der Waals surface area contributed by atoms with Gasteiger partial charge in [0.05, 0.1) is 29.2 Å². The third-order valence-corrected chi connectivity index (χ3v) is 10.1. The molecule has 8 heteroatoms. The molecule has 4 rings (SSSR count). The fourth-order valence-electron chi connectivity index (χ4n) is 6.59. The summed E-state index contributed by atoms with van der Waals surface area (Å²) in [6.45, 7) is 10.4. The van der Waals surface area contributed by atoms with Gasteiger partial charge in [-0.15, -0.1) is 11.8 Å². The Balaban J connectivity index is 1.82. The van der Waals surface area contributed by atoms with Crippen LogP contribution in [0.3, 0.4) is 0 Å². The smallest absolute Gasteiger partial charge is 0.247 e. The summed E-state index contributed by atoms with van der Waals surface area (Å²) in [6, 6.07) is -1.16. The molecule has 4 aliphatic heterocycles. The van der Waals surface area contributed by atoms with Crippen LogP contribution < -0.4 is 0 Å². The van der Waals surface area contributed by atoms with Crippen LogP contribution in [0.25, 0.3) is 0 Å². The highest BCUT2D eigenvalue weighted by molar-refractivity contribution is 8.02. The summed E-state index contributed by atoms with van der Waals surface area (Å²) in [5.41, 5.74) is 0. The Hall–Kier alpha value is -1.80. The van der Waals surface area contributed by atoms with Crippen molar-refractivity contribution in [1.29, 1.82) is 0 Å². The molecule has 1 N–H and O–H groups in total. The molecule has 4 aliphatic rings. The van der Waals surface area contributed by atoms with E-state index < -0.39 is 33.4 Å². The molecular weight excluding hydrogens is 462 g/mol. The van der Waals surface area contributed by atoms with Crippen LogP contribution in [0, 0.1) is 11.8 Å². The zero-order chi connectivity index (χ0) is 25.4. The molecule has 0 radical (unpaired) electrons. The van der Waals surface area contributed by atoms with Crippen molar-refractivity contribution in [2.24, 2.45) is 11.8 Å². The molecule has 6 atom stereocenters. The Morgan fingerprint density at radius 1 is 0.943 bits per heavy atom. The normalized spacial score (nSPS) is 35.2. The van der Waals surface area contributed by atoms with Gasteiger partial charge in [-0.05, 0) is 26.2 Å². The van der Waals surface area contributed by atoms with Crippen LogP contribution in [-0.2, 0) is 14.4 Å². The molecule has 0 bridgehead atoms. The lowest BCUT2D eigenvalue weighted by molar-refractivity contribution is -0.147. The Kier molecular flexibility index (Phi) is 7.72. The lowest BCUT2D eigenvalue weighted by atomic mass is 9.74. The fraction of sp³-hybridized carbons (Fsp3) is 0.741. The number of fused-ring (bicyclic) bond motifs is 2. The van der Waals surface area contributed by atoms with Crippen molar-refractivity contribution in [2.75, 3.05) is 32.8 Å². The lowest BCUT2D eigenvalue weighted by Gasteiger charge is -2.39. The van der Waals surface area contributed by atoms with Gasteiger partial charge < -0.3 is 19.8 Å². The van der Waals surface area contributed by atoms with E-state index in [0.717, 1.165) is 25.7 Å². The minimum absolute atomic E-state index is 0.00428. The van der Waals surface area contributed by atoms with Gasteiger partial charge in [0.15, 0.2) is 0 Å². The van der Waals surface area contributed by atoms with Gasteiger partial charge in [-0.2, -0.15) is 0 Å². The lowest BCUT2D eigenvalue weighted by Crippen LogP contribution is -2.56. The minimum Gasteiger partial charge on any atom is -0.394 e. The Morgan fingerprint density at radius 2 is 1.63 bits per heavy atom. The van der Waals surface area contributed by atoms with E-state index in [1.54, 1.807) is 16.7 Å². The van der Waals surface area contributed by atoms with E-state index in [1.807, 2.05) is 22.8 Å². The fourth-order valence-corrected chi connectivity index (χ4v) is 8.73. The van der Waals surface area contributed by atoms with Gasteiger partial charge >= 0.3 is 0 Å². The predicted molar refractivity (Wildman–Crippen MR) is 139 cm³/mol. The first kappa shape index (κ1) is 26.3. The van der Waals surface area contributed by atoms with Gasteiger partial charge in [-0.3, -0.25) is 14.4 Å². The number of rotatable bonds is 9. The maximum Gasteiger partial charge on any atom is 0.247 e. The van der Waals surface area contributed by atoms with Crippen molar-refractivity contribution in [3.05, 3.63) is 24.3 Å². The average Bonchev–Trinajstić information content (AvgIpc) is 3.11.